The van der Waals surface area contributed by atoms with Gasteiger partial charge in [-0.05, 0) is 43.4 Å². The molecule has 0 spiro atoms. The van der Waals surface area contributed by atoms with Crippen molar-refractivity contribution in [3.05, 3.63) is 23.8 Å². The maximum atomic E-state index is 5.82. The minimum atomic E-state index is -0.0254. The molecule has 3 heterocycles. The fraction of sp³-hybridized carbons (Fsp3) is 0.682. The number of hydrogen-bond acceptors (Lipinski definition) is 6. The van der Waals surface area contributed by atoms with E-state index in [-0.39, 0.29) is 11.5 Å². The van der Waals surface area contributed by atoms with Crippen LogP contribution in [0, 0.1) is 0 Å². The maximum absolute atomic E-state index is 5.82. The summed E-state index contributed by atoms with van der Waals surface area (Å²) in [4.78, 5) is 4.39. The number of aliphatic imine (C=N–C) groups is 1. The van der Waals surface area contributed by atoms with Crippen LogP contribution in [0.4, 0.5) is 0 Å². The molecule has 1 aromatic carbocycles. The number of rotatable bonds is 8. The summed E-state index contributed by atoms with van der Waals surface area (Å²) < 4.78 is 27.9. The molecule has 0 bridgehead atoms. The highest BCUT2D eigenvalue weighted by Crippen LogP contribution is 2.40. The topological polar surface area (TPSA) is 82.6 Å². The van der Waals surface area contributed by atoms with Crippen molar-refractivity contribution in [1.29, 1.82) is 0 Å². The van der Waals surface area contributed by atoms with E-state index in [0.29, 0.717) is 6.79 Å². The van der Waals surface area contributed by atoms with E-state index >= 15 is 0 Å². The van der Waals surface area contributed by atoms with Crippen LogP contribution in [0.2, 0.25) is 0 Å². The highest BCUT2D eigenvalue weighted by Gasteiger charge is 2.35. The predicted molar refractivity (Wildman–Crippen MR) is 113 cm³/mol. The largest absolute Gasteiger partial charge is 0.454 e. The zero-order valence-corrected chi connectivity index (χ0v) is 17.8. The second kappa shape index (κ2) is 10.3. The molecule has 166 valence electrons. The highest BCUT2D eigenvalue weighted by atomic mass is 16.7. The van der Waals surface area contributed by atoms with Gasteiger partial charge in [0, 0.05) is 52.0 Å². The number of ether oxygens (including phenoxy) is 5. The minimum Gasteiger partial charge on any atom is -0.454 e. The molecule has 2 N–H and O–H groups in total. The summed E-state index contributed by atoms with van der Waals surface area (Å²) in [6, 6.07) is 6.29. The Labute approximate surface area is 178 Å². The summed E-state index contributed by atoms with van der Waals surface area (Å²) in [6.07, 6.45) is 4.10. The molecular weight excluding hydrogens is 386 g/mol. The summed E-state index contributed by atoms with van der Waals surface area (Å²) >= 11 is 0. The lowest BCUT2D eigenvalue weighted by Gasteiger charge is -2.38. The van der Waals surface area contributed by atoms with Crippen LogP contribution in [0.15, 0.2) is 23.2 Å². The summed E-state index contributed by atoms with van der Waals surface area (Å²) in [5.41, 5.74) is 1.23. The molecule has 0 saturated carbocycles. The van der Waals surface area contributed by atoms with Gasteiger partial charge in [0.1, 0.15) is 0 Å². The molecule has 0 aromatic heterocycles. The molecule has 3 aliphatic rings. The average Bonchev–Trinajstić information content (AvgIpc) is 3.47. The second-order valence-corrected chi connectivity index (χ2v) is 8.02. The van der Waals surface area contributed by atoms with Gasteiger partial charge in [-0.3, -0.25) is 4.99 Å². The lowest BCUT2D eigenvalue weighted by molar-refractivity contribution is 0.0419. The van der Waals surface area contributed by atoms with E-state index in [2.05, 4.69) is 27.8 Å². The summed E-state index contributed by atoms with van der Waals surface area (Å²) in [6.45, 7) is 5.67. The van der Waals surface area contributed by atoms with Crippen LogP contribution < -0.4 is 20.1 Å². The number of guanidine groups is 1. The molecule has 0 amide bonds. The Hall–Kier alpha value is -2.03. The smallest absolute Gasteiger partial charge is 0.231 e. The van der Waals surface area contributed by atoms with Crippen molar-refractivity contribution in [3.8, 4) is 11.5 Å². The standard InChI is InChI=1S/C22H33N3O5/c1-23-21(24-8-2-9-28-18-5-10-27-14-18)25-15-22(6-11-26-12-7-22)17-3-4-19-20(13-17)30-16-29-19/h3-4,13,18H,2,5-12,14-16H2,1H3,(H2,23,24,25). The second-order valence-electron chi connectivity index (χ2n) is 8.02. The molecule has 30 heavy (non-hydrogen) atoms. The van der Waals surface area contributed by atoms with Crippen molar-refractivity contribution < 1.29 is 23.7 Å². The Morgan fingerprint density at radius 1 is 1.13 bits per heavy atom. The van der Waals surface area contributed by atoms with Gasteiger partial charge in [0.05, 0.1) is 12.7 Å². The molecule has 1 unspecified atom stereocenters. The van der Waals surface area contributed by atoms with Gasteiger partial charge in [0.15, 0.2) is 17.5 Å². The lowest BCUT2D eigenvalue weighted by atomic mass is 9.74. The Kier molecular flexibility index (Phi) is 7.30. The monoisotopic (exact) mass is 419 g/mol. The fourth-order valence-electron chi connectivity index (χ4n) is 4.20. The van der Waals surface area contributed by atoms with Crippen LogP contribution in [0.1, 0.15) is 31.2 Å². The Balaban J connectivity index is 1.29. The van der Waals surface area contributed by atoms with Gasteiger partial charge < -0.3 is 34.3 Å². The molecule has 4 rings (SSSR count). The van der Waals surface area contributed by atoms with Crippen molar-refractivity contribution >= 4 is 5.96 Å². The van der Waals surface area contributed by atoms with Crippen LogP contribution >= 0.6 is 0 Å². The number of benzene rings is 1. The van der Waals surface area contributed by atoms with Crippen molar-refractivity contribution in [2.45, 2.75) is 37.2 Å². The average molecular weight is 420 g/mol. The van der Waals surface area contributed by atoms with E-state index < -0.39 is 0 Å². The molecule has 1 atom stereocenters. The number of fused-ring (bicyclic) bond motifs is 1. The fourth-order valence-corrected chi connectivity index (χ4v) is 4.20. The molecule has 0 radical (unpaired) electrons. The predicted octanol–water partition coefficient (Wildman–Crippen LogP) is 1.82. The SMILES string of the molecule is CN=C(NCCCOC1CCOC1)NCC1(c2ccc3c(c2)OCO3)CCOCC1. The molecule has 2 fully saturated rings. The molecule has 8 heteroatoms. The first-order valence-electron chi connectivity index (χ1n) is 10.9. The van der Waals surface area contributed by atoms with Crippen LogP contribution in [-0.2, 0) is 19.6 Å². The third-order valence-electron chi connectivity index (χ3n) is 6.11. The van der Waals surface area contributed by atoms with Gasteiger partial charge in [-0.1, -0.05) is 6.07 Å². The van der Waals surface area contributed by atoms with Crippen LogP contribution in [-0.4, -0.2) is 72.0 Å². The Morgan fingerprint density at radius 3 is 2.80 bits per heavy atom. The number of hydrogen-bond donors (Lipinski definition) is 2. The maximum Gasteiger partial charge on any atom is 0.231 e. The third kappa shape index (κ3) is 5.17. The van der Waals surface area contributed by atoms with E-state index in [9.17, 15) is 0 Å². The van der Waals surface area contributed by atoms with E-state index in [4.69, 9.17) is 23.7 Å². The lowest BCUT2D eigenvalue weighted by Crippen LogP contribution is -2.48. The number of nitrogens with zero attached hydrogens (tertiary/aromatic N) is 1. The Bertz CT molecular complexity index is 715. The van der Waals surface area contributed by atoms with Gasteiger partial charge in [0.2, 0.25) is 6.79 Å². The molecule has 0 aliphatic carbocycles. The van der Waals surface area contributed by atoms with E-state index in [0.717, 1.165) is 89.3 Å². The van der Waals surface area contributed by atoms with Crippen molar-refractivity contribution in [3.63, 3.8) is 0 Å². The summed E-state index contributed by atoms with van der Waals surface area (Å²) in [5.74, 6) is 2.46. The Morgan fingerprint density at radius 2 is 2.00 bits per heavy atom. The van der Waals surface area contributed by atoms with Gasteiger partial charge >= 0.3 is 0 Å². The van der Waals surface area contributed by atoms with Gasteiger partial charge in [0.25, 0.3) is 0 Å². The first-order valence-corrected chi connectivity index (χ1v) is 10.9. The van der Waals surface area contributed by atoms with Crippen molar-refractivity contribution in [2.24, 2.45) is 4.99 Å². The highest BCUT2D eigenvalue weighted by molar-refractivity contribution is 5.79. The van der Waals surface area contributed by atoms with Crippen LogP contribution in [0.5, 0.6) is 11.5 Å². The van der Waals surface area contributed by atoms with Crippen LogP contribution in [0.3, 0.4) is 0 Å². The molecule has 8 nitrogen and oxygen atoms in total. The number of nitrogens with one attached hydrogen (secondary N) is 2. The van der Waals surface area contributed by atoms with E-state index in [1.54, 1.807) is 7.05 Å². The van der Waals surface area contributed by atoms with E-state index in [1.807, 2.05) is 6.07 Å². The first-order chi connectivity index (χ1) is 14.8. The normalized spacial score (nSPS) is 22.8. The van der Waals surface area contributed by atoms with Gasteiger partial charge in [-0.25, -0.2) is 0 Å². The minimum absolute atomic E-state index is 0.0254. The van der Waals surface area contributed by atoms with Gasteiger partial charge in [-0.2, -0.15) is 0 Å². The van der Waals surface area contributed by atoms with Crippen LogP contribution in [0.25, 0.3) is 0 Å². The summed E-state index contributed by atoms with van der Waals surface area (Å²) in [5, 5.41) is 6.93. The van der Waals surface area contributed by atoms with Crippen molar-refractivity contribution in [1.82, 2.24) is 10.6 Å². The molecule has 1 aromatic rings. The third-order valence-corrected chi connectivity index (χ3v) is 6.11. The molecule has 2 saturated heterocycles. The zero-order valence-electron chi connectivity index (χ0n) is 17.8. The quantitative estimate of drug-likeness (QED) is 0.378. The van der Waals surface area contributed by atoms with E-state index in [1.165, 1.54) is 5.56 Å². The molecular formula is C22H33N3O5. The van der Waals surface area contributed by atoms with Crippen molar-refractivity contribution in [2.75, 3.05) is 60.0 Å². The molecule has 3 aliphatic heterocycles. The first kappa shape index (κ1) is 21.2. The summed E-state index contributed by atoms with van der Waals surface area (Å²) in [7, 11) is 1.80. The zero-order chi connectivity index (χ0) is 20.7. The van der Waals surface area contributed by atoms with Gasteiger partial charge in [-0.15, -0.1) is 0 Å².